The molecule has 1 heterocycles. The summed E-state index contributed by atoms with van der Waals surface area (Å²) in [6.45, 7) is 0.122. The fourth-order valence-electron chi connectivity index (χ4n) is 2.37. The number of benzene rings is 1. The summed E-state index contributed by atoms with van der Waals surface area (Å²) in [5.74, 6) is -1.18. The number of carboxylic acids is 1. The van der Waals surface area contributed by atoms with Gasteiger partial charge < -0.3 is 5.11 Å². The van der Waals surface area contributed by atoms with Crippen molar-refractivity contribution in [3.05, 3.63) is 28.8 Å². The van der Waals surface area contributed by atoms with Gasteiger partial charge in [-0.2, -0.15) is 9.57 Å². The molecule has 0 aliphatic carbocycles. The monoisotopic (exact) mass is 328 g/mol. The number of sulfonamides is 1. The first-order valence-corrected chi connectivity index (χ1v) is 8.14. The molecular weight excluding hydrogens is 316 g/mol. The number of aliphatic carboxylic acids is 1. The quantitative estimate of drug-likeness (QED) is 0.912. The van der Waals surface area contributed by atoms with Crippen LogP contribution in [0.4, 0.5) is 0 Å². The number of nitriles is 1. The van der Waals surface area contributed by atoms with Gasteiger partial charge >= 0.3 is 5.97 Å². The van der Waals surface area contributed by atoms with Crippen molar-refractivity contribution in [2.24, 2.45) is 0 Å². The molecule has 1 aliphatic heterocycles. The first-order chi connectivity index (χ1) is 9.87. The third-order valence-electron chi connectivity index (χ3n) is 3.39. The number of halogens is 1. The summed E-state index contributed by atoms with van der Waals surface area (Å²) < 4.78 is 26.3. The maximum atomic E-state index is 12.7. The van der Waals surface area contributed by atoms with Crippen LogP contribution in [0.15, 0.2) is 23.1 Å². The van der Waals surface area contributed by atoms with Gasteiger partial charge in [0.25, 0.3) is 0 Å². The third kappa shape index (κ3) is 3.02. The number of carboxylic acid groups (broad SMARTS) is 1. The molecule has 2 rings (SSSR count). The summed E-state index contributed by atoms with van der Waals surface area (Å²) in [6.07, 6.45) is 1.51. The Balaban J connectivity index is 2.53. The van der Waals surface area contributed by atoms with Gasteiger partial charge in [0.05, 0.1) is 5.56 Å². The van der Waals surface area contributed by atoms with E-state index in [0.29, 0.717) is 12.8 Å². The van der Waals surface area contributed by atoms with Crippen molar-refractivity contribution < 1.29 is 18.3 Å². The number of rotatable bonds is 3. The average molecular weight is 329 g/mol. The number of piperidine rings is 1. The topological polar surface area (TPSA) is 98.5 Å². The lowest BCUT2D eigenvalue weighted by atomic mass is 10.1. The van der Waals surface area contributed by atoms with E-state index in [9.17, 15) is 18.3 Å². The molecule has 1 aliphatic rings. The average Bonchev–Trinajstić information content (AvgIpc) is 2.47. The molecule has 1 N–H and O–H groups in total. The van der Waals surface area contributed by atoms with Gasteiger partial charge in [0.2, 0.25) is 10.0 Å². The molecule has 0 spiro atoms. The molecule has 6 nitrogen and oxygen atoms in total. The second-order valence-electron chi connectivity index (χ2n) is 4.72. The van der Waals surface area contributed by atoms with E-state index in [-0.39, 0.29) is 28.4 Å². The number of nitrogens with zero attached hydrogens (tertiary/aromatic N) is 2. The van der Waals surface area contributed by atoms with E-state index in [4.69, 9.17) is 16.9 Å². The molecule has 0 radical (unpaired) electrons. The summed E-state index contributed by atoms with van der Waals surface area (Å²) in [7, 11) is -4.08. The smallest absolute Gasteiger partial charge is 0.322 e. The van der Waals surface area contributed by atoms with E-state index in [2.05, 4.69) is 0 Å². The predicted molar refractivity (Wildman–Crippen MR) is 75.3 cm³/mol. The normalized spacial score (nSPS) is 19.9. The summed E-state index contributed by atoms with van der Waals surface area (Å²) >= 11 is 5.81. The molecule has 1 aromatic carbocycles. The Morgan fingerprint density at radius 1 is 1.43 bits per heavy atom. The molecule has 0 amide bonds. The highest BCUT2D eigenvalue weighted by Gasteiger charge is 2.38. The molecule has 0 unspecified atom stereocenters. The summed E-state index contributed by atoms with van der Waals surface area (Å²) in [5, 5.41) is 18.4. The second kappa shape index (κ2) is 6.02. The van der Waals surface area contributed by atoms with Crippen LogP contribution in [-0.2, 0) is 14.8 Å². The molecule has 1 fully saturated rings. The molecule has 1 saturated heterocycles. The Bertz CT molecular complexity index is 711. The summed E-state index contributed by atoms with van der Waals surface area (Å²) in [6, 6.07) is 4.62. The maximum absolute atomic E-state index is 12.7. The van der Waals surface area contributed by atoms with Gasteiger partial charge in [0.1, 0.15) is 17.0 Å². The first kappa shape index (κ1) is 15.8. The van der Waals surface area contributed by atoms with E-state index >= 15 is 0 Å². The van der Waals surface area contributed by atoms with Crippen LogP contribution in [0.1, 0.15) is 24.8 Å². The van der Waals surface area contributed by atoms with Crippen molar-refractivity contribution in [1.82, 2.24) is 4.31 Å². The zero-order chi connectivity index (χ0) is 15.6. The van der Waals surface area contributed by atoms with Crippen LogP contribution in [0.5, 0.6) is 0 Å². The largest absolute Gasteiger partial charge is 0.480 e. The van der Waals surface area contributed by atoms with E-state index < -0.39 is 22.0 Å². The van der Waals surface area contributed by atoms with Crippen LogP contribution in [-0.4, -0.2) is 36.4 Å². The Hall–Kier alpha value is -1.62. The number of hydrogen-bond donors (Lipinski definition) is 1. The Morgan fingerprint density at radius 3 is 2.76 bits per heavy atom. The second-order valence-corrected chi connectivity index (χ2v) is 7.01. The van der Waals surface area contributed by atoms with Crippen molar-refractivity contribution in [2.45, 2.75) is 30.2 Å². The maximum Gasteiger partial charge on any atom is 0.322 e. The Morgan fingerprint density at radius 2 is 2.14 bits per heavy atom. The lowest BCUT2D eigenvalue weighted by Gasteiger charge is -2.32. The Labute approximate surface area is 127 Å². The molecule has 8 heteroatoms. The van der Waals surface area contributed by atoms with Gasteiger partial charge in [-0.15, -0.1) is 0 Å². The minimum Gasteiger partial charge on any atom is -0.480 e. The molecule has 0 aromatic heterocycles. The summed E-state index contributed by atoms with van der Waals surface area (Å²) in [4.78, 5) is 11.0. The van der Waals surface area contributed by atoms with Crippen LogP contribution in [0.2, 0.25) is 5.02 Å². The van der Waals surface area contributed by atoms with Gasteiger partial charge in [0.15, 0.2) is 0 Å². The van der Waals surface area contributed by atoms with Crippen molar-refractivity contribution in [1.29, 1.82) is 5.26 Å². The lowest BCUT2D eigenvalue weighted by molar-refractivity contribution is -0.142. The van der Waals surface area contributed by atoms with E-state index in [1.807, 2.05) is 0 Å². The number of hydrogen-bond acceptors (Lipinski definition) is 4. The highest BCUT2D eigenvalue weighted by atomic mass is 35.5. The molecule has 0 bridgehead atoms. The van der Waals surface area contributed by atoms with Crippen LogP contribution in [0, 0.1) is 11.3 Å². The molecule has 112 valence electrons. The fourth-order valence-corrected chi connectivity index (χ4v) is 4.42. The zero-order valence-electron chi connectivity index (χ0n) is 11.0. The van der Waals surface area contributed by atoms with Gasteiger partial charge in [-0.25, -0.2) is 8.42 Å². The molecule has 0 saturated carbocycles. The van der Waals surface area contributed by atoms with E-state index in [1.54, 1.807) is 6.07 Å². The first-order valence-electron chi connectivity index (χ1n) is 6.32. The lowest BCUT2D eigenvalue weighted by Crippen LogP contribution is -2.47. The zero-order valence-corrected chi connectivity index (χ0v) is 12.6. The molecular formula is C13H13ClN2O4S. The minimum absolute atomic E-state index is 0.0471. The van der Waals surface area contributed by atoms with Crippen molar-refractivity contribution in [3.63, 3.8) is 0 Å². The third-order valence-corrected chi connectivity index (χ3v) is 5.57. The van der Waals surface area contributed by atoms with Crippen LogP contribution in [0.3, 0.4) is 0 Å². The van der Waals surface area contributed by atoms with Crippen LogP contribution < -0.4 is 0 Å². The van der Waals surface area contributed by atoms with Crippen molar-refractivity contribution in [2.75, 3.05) is 6.54 Å². The molecule has 1 atom stereocenters. The molecule has 21 heavy (non-hydrogen) atoms. The number of carbonyl (C=O) groups is 1. The van der Waals surface area contributed by atoms with Gasteiger partial charge in [-0.05, 0) is 37.5 Å². The Kier molecular flexibility index (Phi) is 4.52. The van der Waals surface area contributed by atoms with Crippen LogP contribution >= 0.6 is 11.6 Å². The van der Waals surface area contributed by atoms with Crippen molar-refractivity contribution in [3.8, 4) is 6.07 Å². The van der Waals surface area contributed by atoms with E-state index in [0.717, 1.165) is 4.31 Å². The highest BCUT2D eigenvalue weighted by Crippen LogP contribution is 2.29. The standard InChI is InChI=1S/C13H13ClN2O4S/c14-10-5-4-9(8-15)12(7-10)21(19,20)16-6-2-1-3-11(16)13(17)18/h4-5,7,11H,1-3,6H2,(H,17,18)/t11-/m1/s1. The predicted octanol–water partition coefficient (Wildman–Crippen LogP) is 1.84. The fraction of sp³-hybridized carbons (Fsp3) is 0.385. The van der Waals surface area contributed by atoms with Gasteiger partial charge in [-0.3, -0.25) is 4.79 Å². The van der Waals surface area contributed by atoms with E-state index in [1.165, 1.54) is 18.2 Å². The van der Waals surface area contributed by atoms with Gasteiger partial charge in [0, 0.05) is 11.6 Å². The van der Waals surface area contributed by atoms with Gasteiger partial charge in [-0.1, -0.05) is 11.6 Å². The van der Waals surface area contributed by atoms with Crippen molar-refractivity contribution >= 4 is 27.6 Å². The minimum atomic E-state index is -4.08. The highest BCUT2D eigenvalue weighted by molar-refractivity contribution is 7.89. The molecule has 1 aromatic rings. The summed E-state index contributed by atoms with van der Waals surface area (Å²) in [5.41, 5.74) is -0.0471. The van der Waals surface area contributed by atoms with Crippen LogP contribution in [0.25, 0.3) is 0 Å². The SMILES string of the molecule is N#Cc1ccc(Cl)cc1S(=O)(=O)N1CCCC[C@@H]1C(=O)O.